The van der Waals surface area contributed by atoms with Gasteiger partial charge in [0.1, 0.15) is 13.2 Å². The number of phosphoric acid groups is 1. The largest absolute Gasteiger partial charge is 0.756 e. The summed E-state index contributed by atoms with van der Waals surface area (Å²) < 4.78 is 22.6. The molecule has 2 N–H and O–H groups in total. The van der Waals surface area contributed by atoms with E-state index in [-0.39, 0.29) is 18.9 Å². The number of nitrogens with one attached hydrogen (secondary N) is 1. The Kier molecular flexibility index (Phi) is 21.8. The number of aliphatic hydroxyl groups excluding tert-OH is 1. The number of carbonyl (C=O) groups excluding carboxylic acids is 1. The summed E-state index contributed by atoms with van der Waals surface area (Å²) in [6.45, 7) is 4.18. The lowest BCUT2D eigenvalue weighted by Crippen LogP contribution is -2.45. The van der Waals surface area contributed by atoms with Crippen LogP contribution in [0.4, 0.5) is 0 Å². The second kappa shape index (κ2) is 22.5. The maximum atomic E-state index is 12.1. The topological polar surface area (TPSA) is 108 Å². The summed E-state index contributed by atoms with van der Waals surface area (Å²) in [7, 11) is 1.22. The molecular weight excluding hydrogens is 503 g/mol. The van der Waals surface area contributed by atoms with Crippen molar-refractivity contribution >= 4 is 13.7 Å². The van der Waals surface area contributed by atoms with Gasteiger partial charge in [0, 0.05) is 6.42 Å². The molecule has 0 heterocycles. The van der Waals surface area contributed by atoms with Gasteiger partial charge in [-0.2, -0.15) is 0 Å². The van der Waals surface area contributed by atoms with Crippen LogP contribution in [-0.4, -0.2) is 68.5 Å². The first-order valence-electron chi connectivity index (χ1n) is 14.4. The summed E-state index contributed by atoms with van der Waals surface area (Å²) in [6.07, 6.45) is 23.4. The highest BCUT2D eigenvalue weighted by molar-refractivity contribution is 7.45. The minimum Gasteiger partial charge on any atom is -0.756 e. The first kappa shape index (κ1) is 36.7. The molecule has 8 nitrogen and oxygen atoms in total. The van der Waals surface area contributed by atoms with Gasteiger partial charge in [-0.3, -0.25) is 9.36 Å². The van der Waals surface area contributed by atoms with Crippen LogP contribution in [0.3, 0.4) is 0 Å². The Balaban J connectivity index is 4.44. The van der Waals surface area contributed by atoms with Crippen molar-refractivity contribution in [1.29, 1.82) is 0 Å². The molecule has 0 saturated heterocycles. The number of quaternary nitrogens is 1. The number of carbonyl (C=O) groups is 1. The van der Waals surface area contributed by atoms with Crippen molar-refractivity contribution in [2.24, 2.45) is 0 Å². The lowest BCUT2D eigenvalue weighted by Gasteiger charge is -2.29. The average molecular weight is 559 g/mol. The summed E-state index contributed by atoms with van der Waals surface area (Å²) >= 11 is 0. The number of unbranched alkanes of at least 4 members (excludes halogenated alkanes) is 7. The third-order valence-corrected chi connectivity index (χ3v) is 6.76. The first-order valence-corrected chi connectivity index (χ1v) is 15.8. The van der Waals surface area contributed by atoms with Crippen molar-refractivity contribution < 1.29 is 32.9 Å². The normalized spacial score (nSPS) is 15.9. The molecule has 0 aromatic rings. The summed E-state index contributed by atoms with van der Waals surface area (Å²) in [6, 6.07) is -0.899. The summed E-state index contributed by atoms with van der Waals surface area (Å²) in [5, 5.41) is 13.2. The molecule has 3 unspecified atom stereocenters. The highest BCUT2D eigenvalue weighted by atomic mass is 31.2. The zero-order valence-electron chi connectivity index (χ0n) is 24.6. The standard InChI is InChI=1S/C29H55N2O6P/c1-6-8-9-10-11-12-13-14-15-16-17-18-19-20-21-23-28(32)27(30-29(33)22-7-2)26-37-38(34,35)36-25-24-31(3,4)5/h13-14,17-18,21,23,27-28,32H,6-12,15-16,19-20,22,24-26H2,1-5H3,(H-,30,33,34,35)/b14-13+,18-17+,23-21+. The van der Waals surface area contributed by atoms with Crippen molar-refractivity contribution in [2.75, 3.05) is 40.9 Å². The van der Waals surface area contributed by atoms with Crippen molar-refractivity contribution in [3.8, 4) is 0 Å². The number of allylic oxidation sites excluding steroid dienone is 5. The number of nitrogens with zero attached hydrogens (tertiary/aromatic N) is 1. The zero-order valence-corrected chi connectivity index (χ0v) is 25.5. The number of phosphoric ester groups is 1. The van der Waals surface area contributed by atoms with E-state index in [1.807, 2.05) is 34.1 Å². The number of rotatable bonds is 24. The first-order chi connectivity index (χ1) is 18.0. The van der Waals surface area contributed by atoms with Gasteiger partial charge in [0.15, 0.2) is 0 Å². The lowest BCUT2D eigenvalue weighted by atomic mass is 10.1. The van der Waals surface area contributed by atoms with Crippen LogP contribution < -0.4 is 10.2 Å². The molecule has 0 radical (unpaired) electrons. The number of likely N-dealkylation sites (N-methyl/N-ethyl adjacent to an activating group) is 1. The van der Waals surface area contributed by atoms with Crippen LogP contribution in [0.1, 0.15) is 90.9 Å². The highest BCUT2D eigenvalue weighted by Crippen LogP contribution is 2.38. The second-order valence-electron chi connectivity index (χ2n) is 10.7. The Bertz CT molecular complexity index is 733. The maximum absolute atomic E-state index is 12.1. The molecule has 0 rings (SSSR count). The van der Waals surface area contributed by atoms with E-state index in [9.17, 15) is 19.4 Å². The molecule has 0 aliphatic heterocycles. The Morgan fingerprint density at radius 2 is 1.47 bits per heavy atom. The highest BCUT2D eigenvalue weighted by Gasteiger charge is 2.22. The predicted molar refractivity (Wildman–Crippen MR) is 155 cm³/mol. The molecular formula is C29H55N2O6P. The molecule has 9 heteroatoms. The van der Waals surface area contributed by atoms with E-state index >= 15 is 0 Å². The van der Waals surface area contributed by atoms with E-state index in [1.165, 1.54) is 38.5 Å². The molecule has 1 amide bonds. The van der Waals surface area contributed by atoms with E-state index in [4.69, 9.17) is 9.05 Å². The smallest absolute Gasteiger partial charge is 0.268 e. The Morgan fingerprint density at radius 1 is 0.895 bits per heavy atom. The van der Waals surface area contributed by atoms with Gasteiger partial charge in [0.2, 0.25) is 5.91 Å². The average Bonchev–Trinajstić information content (AvgIpc) is 2.83. The molecule has 3 atom stereocenters. The maximum Gasteiger partial charge on any atom is 0.268 e. The van der Waals surface area contributed by atoms with Gasteiger partial charge in [-0.25, -0.2) is 0 Å². The molecule has 0 aliphatic carbocycles. The zero-order chi connectivity index (χ0) is 28.7. The van der Waals surface area contributed by atoms with Gasteiger partial charge >= 0.3 is 0 Å². The van der Waals surface area contributed by atoms with Crippen LogP contribution in [0.2, 0.25) is 0 Å². The molecule has 222 valence electrons. The van der Waals surface area contributed by atoms with Gasteiger partial charge in [-0.1, -0.05) is 76.0 Å². The minimum absolute atomic E-state index is 0.0114. The Labute approximate surface area is 232 Å². The van der Waals surface area contributed by atoms with Crippen LogP contribution in [-0.2, 0) is 18.4 Å². The van der Waals surface area contributed by atoms with Crippen LogP contribution >= 0.6 is 7.82 Å². The van der Waals surface area contributed by atoms with E-state index < -0.39 is 26.6 Å². The minimum atomic E-state index is -4.55. The predicted octanol–water partition coefficient (Wildman–Crippen LogP) is 5.43. The summed E-state index contributed by atoms with van der Waals surface area (Å²) in [5.41, 5.74) is 0. The molecule has 0 bridgehead atoms. The number of aliphatic hydroxyl groups is 1. The van der Waals surface area contributed by atoms with Crippen LogP contribution in [0, 0.1) is 0 Å². The van der Waals surface area contributed by atoms with Gasteiger partial charge in [0.25, 0.3) is 7.82 Å². The van der Waals surface area contributed by atoms with Crippen molar-refractivity contribution in [3.05, 3.63) is 36.5 Å². The summed E-state index contributed by atoms with van der Waals surface area (Å²) in [4.78, 5) is 24.2. The fraction of sp³-hybridized carbons (Fsp3) is 0.759. The number of hydrogen-bond acceptors (Lipinski definition) is 6. The number of amides is 1. The lowest BCUT2D eigenvalue weighted by molar-refractivity contribution is -0.870. The fourth-order valence-corrected chi connectivity index (χ4v) is 4.18. The Morgan fingerprint density at radius 3 is 2.05 bits per heavy atom. The second-order valence-corrected chi connectivity index (χ2v) is 12.1. The molecule has 38 heavy (non-hydrogen) atoms. The molecule has 0 saturated carbocycles. The van der Waals surface area contributed by atoms with E-state index in [0.717, 1.165) is 25.7 Å². The van der Waals surface area contributed by atoms with Crippen molar-refractivity contribution in [1.82, 2.24) is 5.32 Å². The van der Waals surface area contributed by atoms with Gasteiger partial charge in [-0.15, -0.1) is 0 Å². The van der Waals surface area contributed by atoms with Crippen molar-refractivity contribution in [3.63, 3.8) is 0 Å². The molecule has 0 aromatic carbocycles. The summed E-state index contributed by atoms with van der Waals surface area (Å²) in [5.74, 6) is -0.270. The SMILES string of the molecule is CCCCCCC/C=C/CC/C=C/CC/C=C/C(O)C(COP(=O)([O-])OCC[N+](C)(C)C)NC(=O)CCC. The fourth-order valence-electron chi connectivity index (χ4n) is 3.46. The van der Waals surface area contributed by atoms with Crippen LogP contribution in [0.15, 0.2) is 36.5 Å². The van der Waals surface area contributed by atoms with Gasteiger partial charge < -0.3 is 28.8 Å². The molecule has 0 aliphatic rings. The van der Waals surface area contributed by atoms with Crippen LogP contribution in [0.5, 0.6) is 0 Å². The molecule has 0 aromatic heterocycles. The number of hydrogen-bond donors (Lipinski definition) is 2. The molecule has 0 fully saturated rings. The molecule has 0 spiro atoms. The van der Waals surface area contributed by atoms with E-state index in [2.05, 4.69) is 36.5 Å². The van der Waals surface area contributed by atoms with Crippen molar-refractivity contribution in [2.45, 2.75) is 103 Å². The third-order valence-electron chi connectivity index (χ3n) is 5.80. The van der Waals surface area contributed by atoms with Gasteiger partial charge in [-0.05, 0) is 44.9 Å². The van der Waals surface area contributed by atoms with E-state index in [1.54, 1.807) is 6.08 Å². The van der Waals surface area contributed by atoms with Crippen LogP contribution in [0.25, 0.3) is 0 Å². The Hall–Kier alpha value is -1.28. The van der Waals surface area contributed by atoms with E-state index in [0.29, 0.717) is 17.4 Å². The quantitative estimate of drug-likeness (QED) is 0.0708. The monoisotopic (exact) mass is 558 g/mol. The van der Waals surface area contributed by atoms with Gasteiger partial charge in [0.05, 0.1) is 39.9 Å². The third kappa shape index (κ3) is 23.8.